The van der Waals surface area contributed by atoms with E-state index in [1.54, 1.807) is 12.3 Å². The van der Waals surface area contributed by atoms with Crippen molar-refractivity contribution in [1.82, 2.24) is 4.98 Å². The monoisotopic (exact) mass is 244 g/mol. The first kappa shape index (κ1) is 12.2. The molecule has 2 rings (SSSR count). The van der Waals surface area contributed by atoms with Crippen LogP contribution in [0.5, 0.6) is 0 Å². The van der Waals surface area contributed by atoms with Crippen LogP contribution in [-0.2, 0) is 6.42 Å². The van der Waals surface area contributed by atoms with E-state index in [1.807, 2.05) is 13.0 Å². The Labute approximate surface area is 104 Å². The van der Waals surface area contributed by atoms with Gasteiger partial charge in [-0.2, -0.15) is 5.26 Å². The molecule has 1 aromatic heterocycles. The van der Waals surface area contributed by atoms with Gasteiger partial charge in [-0.1, -0.05) is 12.1 Å². The maximum atomic E-state index is 13.7. The normalized spacial score (nSPS) is 10.1. The van der Waals surface area contributed by atoms with Gasteiger partial charge in [0.2, 0.25) is 0 Å². The molecular weight excluding hydrogens is 234 g/mol. The second-order valence-corrected chi connectivity index (χ2v) is 3.96. The summed E-state index contributed by atoms with van der Waals surface area (Å²) in [5.41, 5.74) is 1.88. The lowest BCUT2D eigenvalue weighted by Crippen LogP contribution is -1.97. The van der Waals surface area contributed by atoms with E-state index < -0.39 is 11.6 Å². The van der Waals surface area contributed by atoms with Gasteiger partial charge in [0, 0.05) is 11.8 Å². The van der Waals surface area contributed by atoms with Gasteiger partial charge in [0.25, 0.3) is 0 Å². The minimum Gasteiger partial charge on any atom is -0.256 e. The average Bonchev–Trinajstić information content (AvgIpc) is 2.34. The van der Waals surface area contributed by atoms with Gasteiger partial charge >= 0.3 is 0 Å². The van der Waals surface area contributed by atoms with E-state index in [4.69, 9.17) is 5.26 Å². The Morgan fingerprint density at radius 3 is 2.83 bits per heavy atom. The highest BCUT2D eigenvalue weighted by Crippen LogP contribution is 2.26. The molecule has 0 aliphatic carbocycles. The van der Waals surface area contributed by atoms with Crippen molar-refractivity contribution in [1.29, 1.82) is 5.26 Å². The Morgan fingerprint density at radius 1 is 1.33 bits per heavy atom. The standard InChI is InChI=1S/C14H10F2N2/c1-9-7-10(5-6-17)14(18-8-9)11-3-2-4-12(15)13(11)16/h2-4,7-8H,5H2,1H3. The number of pyridine rings is 1. The average molecular weight is 244 g/mol. The summed E-state index contributed by atoms with van der Waals surface area (Å²) in [6, 6.07) is 7.69. The highest BCUT2D eigenvalue weighted by molar-refractivity contribution is 5.64. The number of nitrogens with zero attached hydrogens (tertiary/aromatic N) is 2. The van der Waals surface area contributed by atoms with Crippen molar-refractivity contribution in [2.45, 2.75) is 13.3 Å². The highest BCUT2D eigenvalue weighted by Gasteiger charge is 2.14. The van der Waals surface area contributed by atoms with Crippen LogP contribution < -0.4 is 0 Å². The molecule has 1 heterocycles. The molecule has 18 heavy (non-hydrogen) atoms. The third kappa shape index (κ3) is 2.21. The van der Waals surface area contributed by atoms with Crippen LogP contribution in [0.25, 0.3) is 11.3 Å². The lowest BCUT2D eigenvalue weighted by molar-refractivity contribution is 0.511. The van der Waals surface area contributed by atoms with Crippen LogP contribution in [0.1, 0.15) is 11.1 Å². The molecular formula is C14H10F2N2. The Bertz CT molecular complexity index is 630. The van der Waals surface area contributed by atoms with Crippen molar-refractivity contribution in [2.24, 2.45) is 0 Å². The second kappa shape index (κ2) is 4.92. The molecule has 2 aromatic rings. The summed E-state index contributed by atoms with van der Waals surface area (Å²) in [5, 5.41) is 8.76. The summed E-state index contributed by atoms with van der Waals surface area (Å²) < 4.78 is 26.9. The van der Waals surface area contributed by atoms with E-state index in [0.29, 0.717) is 11.3 Å². The minimum absolute atomic E-state index is 0.0836. The number of benzene rings is 1. The zero-order valence-electron chi connectivity index (χ0n) is 9.74. The summed E-state index contributed by atoms with van der Waals surface area (Å²) in [4.78, 5) is 4.11. The smallest absolute Gasteiger partial charge is 0.168 e. The lowest BCUT2D eigenvalue weighted by atomic mass is 10.0. The molecule has 0 atom stereocenters. The molecule has 0 saturated carbocycles. The van der Waals surface area contributed by atoms with Crippen LogP contribution in [0.2, 0.25) is 0 Å². The Kier molecular flexibility index (Phi) is 3.33. The molecule has 0 N–H and O–H groups in total. The third-order valence-corrected chi connectivity index (χ3v) is 2.58. The van der Waals surface area contributed by atoms with Gasteiger partial charge in [0.05, 0.1) is 18.2 Å². The number of hydrogen-bond acceptors (Lipinski definition) is 2. The number of rotatable bonds is 2. The molecule has 1 aromatic carbocycles. The Morgan fingerprint density at radius 2 is 2.11 bits per heavy atom. The first-order valence-electron chi connectivity index (χ1n) is 5.40. The molecule has 0 unspecified atom stereocenters. The predicted octanol–water partition coefficient (Wildman–Crippen LogP) is 3.40. The van der Waals surface area contributed by atoms with Crippen LogP contribution in [-0.4, -0.2) is 4.98 Å². The van der Waals surface area contributed by atoms with Crippen LogP contribution in [0, 0.1) is 29.9 Å². The Hall–Kier alpha value is -2.28. The largest absolute Gasteiger partial charge is 0.256 e. The molecule has 0 bridgehead atoms. The zero-order chi connectivity index (χ0) is 13.1. The van der Waals surface area contributed by atoms with Crippen molar-refractivity contribution in [3.05, 3.63) is 53.2 Å². The number of nitriles is 1. The van der Waals surface area contributed by atoms with Crippen molar-refractivity contribution in [3.8, 4) is 17.3 Å². The zero-order valence-corrected chi connectivity index (χ0v) is 9.74. The van der Waals surface area contributed by atoms with Gasteiger partial charge < -0.3 is 0 Å². The summed E-state index contributed by atoms with van der Waals surface area (Å²) >= 11 is 0. The van der Waals surface area contributed by atoms with Gasteiger partial charge in [-0.3, -0.25) is 4.98 Å². The molecule has 0 radical (unpaired) electrons. The highest BCUT2D eigenvalue weighted by atomic mass is 19.2. The van der Waals surface area contributed by atoms with Gasteiger partial charge in [-0.05, 0) is 30.2 Å². The maximum Gasteiger partial charge on any atom is 0.168 e. The predicted molar refractivity (Wildman–Crippen MR) is 63.6 cm³/mol. The fourth-order valence-electron chi connectivity index (χ4n) is 1.78. The fourth-order valence-corrected chi connectivity index (χ4v) is 1.78. The van der Waals surface area contributed by atoms with Crippen molar-refractivity contribution in [2.75, 3.05) is 0 Å². The van der Waals surface area contributed by atoms with Crippen LogP contribution >= 0.6 is 0 Å². The van der Waals surface area contributed by atoms with Crippen molar-refractivity contribution >= 4 is 0 Å². The van der Waals surface area contributed by atoms with Crippen LogP contribution in [0.4, 0.5) is 8.78 Å². The number of aromatic nitrogens is 1. The van der Waals surface area contributed by atoms with Gasteiger partial charge in [-0.15, -0.1) is 0 Å². The van der Waals surface area contributed by atoms with Gasteiger partial charge in [-0.25, -0.2) is 8.78 Å². The first-order chi connectivity index (χ1) is 8.63. The topological polar surface area (TPSA) is 36.7 Å². The Balaban J connectivity index is 2.64. The van der Waals surface area contributed by atoms with E-state index in [1.165, 1.54) is 12.1 Å². The molecule has 0 aliphatic heterocycles. The van der Waals surface area contributed by atoms with Gasteiger partial charge in [0.1, 0.15) is 0 Å². The summed E-state index contributed by atoms with van der Waals surface area (Å²) in [6.07, 6.45) is 1.68. The molecule has 0 fully saturated rings. The van der Waals surface area contributed by atoms with Gasteiger partial charge in [0.15, 0.2) is 11.6 Å². The first-order valence-corrected chi connectivity index (χ1v) is 5.40. The molecule has 0 amide bonds. The number of aryl methyl sites for hydroxylation is 1. The minimum atomic E-state index is -0.937. The second-order valence-electron chi connectivity index (χ2n) is 3.96. The van der Waals surface area contributed by atoms with Crippen LogP contribution in [0.3, 0.4) is 0 Å². The van der Waals surface area contributed by atoms with E-state index in [0.717, 1.165) is 11.6 Å². The maximum absolute atomic E-state index is 13.7. The third-order valence-electron chi connectivity index (χ3n) is 2.58. The molecule has 0 aliphatic rings. The summed E-state index contributed by atoms with van der Waals surface area (Å²) in [6.45, 7) is 1.83. The fraction of sp³-hybridized carbons (Fsp3) is 0.143. The van der Waals surface area contributed by atoms with E-state index >= 15 is 0 Å². The molecule has 0 spiro atoms. The molecule has 0 saturated heterocycles. The van der Waals surface area contributed by atoms with E-state index in [-0.39, 0.29) is 12.0 Å². The molecule has 90 valence electrons. The number of halogens is 2. The summed E-state index contributed by atoms with van der Waals surface area (Å²) in [7, 11) is 0. The number of hydrogen-bond donors (Lipinski definition) is 0. The molecule has 4 heteroatoms. The summed E-state index contributed by atoms with van der Waals surface area (Å²) in [5.74, 6) is -1.86. The molecule has 2 nitrogen and oxygen atoms in total. The van der Waals surface area contributed by atoms with E-state index in [2.05, 4.69) is 4.98 Å². The van der Waals surface area contributed by atoms with Crippen molar-refractivity contribution < 1.29 is 8.78 Å². The van der Waals surface area contributed by atoms with Crippen molar-refractivity contribution in [3.63, 3.8) is 0 Å². The SMILES string of the molecule is Cc1cnc(-c2cccc(F)c2F)c(CC#N)c1. The quantitative estimate of drug-likeness (QED) is 0.811. The lowest BCUT2D eigenvalue weighted by Gasteiger charge is -2.08. The van der Waals surface area contributed by atoms with Crippen LogP contribution in [0.15, 0.2) is 30.5 Å². The van der Waals surface area contributed by atoms with E-state index in [9.17, 15) is 8.78 Å².